The van der Waals surface area contributed by atoms with Gasteiger partial charge >= 0.3 is 7.12 Å². The van der Waals surface area contributed by atoms with Gasteiger partial charge in [0, 0.05) is 15.5 Å². The van der Waals surface area contributed by atoms with E-state index in [4.69, 9.17) is 10.0 Å². The molecule has 0 radical (unpaired) electrons. The van der Waals surface area contributed by atoms with Crippen LogP contribution in [-0.2, 0) is 0 Å². The SMILES string of the molecule is OB(O)c1cc(Br)cc(-c2ccccc2)c1F. The Bertz CT molecular complexity index is 532. The van der Waals surface area contributed by atoms with E-state index in [9.17, 15) is 4.39 Å². The number of halogens is 2. The van der Waals surface area contributed by atoms with Crippen LogP contribution in [-0.4, -0.2) is 17.2 Å². The lowest BCUT2D eigenvalue weighted by molar-refractivity contribution is 0.423. The predicted molar refractivity (Wildman–Crippen MR) is 69.4 cm³/mol. The molecule has 0 aliphatic rings. The third-order valence-corrected chi connectivity index (χ3v) is 2.89. The van der Waals surface area contributed by atoms with E-state index in [1.165, 1.54) is 6.07 Å². The number of rotatable bonds is 2. The van der Waals surface area contributed by atoms with E-state index in [0.29, 0.717) is 15.6 Å². The maximum atomic E-state index is 14.0. The topological polar surface area (TPSA) is 40.5 Å². The quantitative estimate of drug-likeness (QED) is 0.831. The van der Waals surface area contributed by atoms with E-state index < -0.39 is 12.9 Å². The van der Waals surface area contributed by atoms with Gasteiger partial charge in [0.2, 0.25) is 0 Å². The Labute approximate surface area is 107 Å². The van der Waals surface area contributed by atoms with E-state index in [1.54, 1.807) is 30.3 Å². The van der Waals surface area contributed by atoms with Crippen LogP contribution < -0.4 is 5.46 Å². The molecule has 2 rings (SSSR count). The zero-order valence-corrected chi connectivity index (χ0v) is 10.4. The smallest absolute Gasteiger partial charge is 0.423 e. The standard InChI is InChI=1S/C12H9BBrFO2/c14-9-6-10(8-4-2-1-3-5-8)12(15)11(7-9)13(16)17/h1-7,16-17H. The first-order valence-corrected chi connectivity index (χ1v) is 5.79. The van der Waals surface area contributed by atoms with Crippen LogP contribution in [0.3, 0.4) is 0 Å². The summed E-state index contributed by atoms with van der Waals surface area (Å²) in [7, 11) is -1.82. The van der Waals surface area contributed by atoms with Gasteiger partial charge in [0.25, 0.3) is 0 Å². The van der Waals surface area contributed by atoms with Crippen molar-refractivity contribution in [3.63, 3.8) is 0 Å². The second kappa shape index (κ2) is 5.00. The first kappa shape index (κ1) is 12.3. The van der Waals surface area contributed by atoms with E-state index in [2.05, 4.69) is 15.9 Å². The fraction of sp³-hybridized carbons (Fsp3) is 0. The highest BCUT2D eigenvalue weighted by atomic mass is 79.9. The molecule has 2 N–H and O–H groups in total. The number of hydrogen-bond acceptors (Lipinski definition) is 2. The van der Waals surface area contributed by atoms with Gasteiger partial charge in [-0.05, 0) is 17.7 Å². The summed E-state index contributed by atoms with van der Waals surface area (Å²) in [6.07, 6.45) is 0. The normalized spacial score (nSPS) is 10.4. The third-order valence-electron chi connectivity index (χ3n) is 2.43. The minimum atomic E-state index is -1.82. The van der Waals surface area contributed by atoms with Crippen molar-refractivity contribution in [2.45, 2.75) is 0 Å². The molecule has 86 valence electrons. The maximum Gasteiger partial charge on any atom is 0.491 e. The van der Waals surface area contributed by atoms with Crippen LogP contribution in [0.5, 0.6) is 0 Å². The van der Waals surface area contributed by atoms with Gasteiger partial charge in [0.05, 0.1) is 0 Å². The molecule has 0 atom stereocenters. The summed E-state index contributed by atoms with van der Waals surface area (Å²) in [5, 5.41) is 18.2. The summed E-state index contributed by atoms with van der Waals surface area (Å²) in [6.45, 7) is 0. The molecule has 0 heterocycles. The van der Waals surface area contributed by atoms with Gasteiger partial charge in [-0.15, -0.1) is 0 Å². The van der Waals surface area contributed by atoms with Gasteiger partial charge in [0.1, 0.15) is 5.82 Å². The summed E-state index contributed by atoms with van der Waals surface area (Å²) >= 11 is 3.22. The molecule has 0 unspecified atom stereocenters. The molecule has 0 aliphatic heterocycles. The van der Waals surface area contributed by atoms with Crippen LogP contribution >= 0.6 is 15.9 Å². The summed E-state index contributed by atoms with van der Waals surface area (Å²) in [4.78, 5) is 0. The first-order valence-electron chi connectivity index (χ1n) is 5.00. The van der Waals surface area contributed by atoms with E-state index >= 15 is 0 Å². The second-order valence-electron chi connectivity index (χ2n) is 3.60. The molecule has 2 aromatic carbocycles. The summed E-state index contributed by atoms with van der Waals surface area (Å²) in [5.74, 6) is -0.616. The molecule has 0 aliphatic carbocycles. The molecule has 2 nitrogen and oxygen atoms in total. The highest BCUT2D eigenvalue weighted by molar-refractivity contribution is 9.10. The molecule has 5 heteroatoms. The Morgan fingerprint density at radius 1 is 1.06 bits per heavy atom. The number of hydrogen-bond donors (Lipinski definition) is 2. The summed E-state index contributed by atoms with van der Waals surface area (Å²) in [6, 6.07) is 11.9. The minimum absolute atomic E-state index is 0.141. The van der Waals surface area contributed by atoms with Crippen LogP contribution in [0, 0.1) is 5.82 Å². The van der Waals surface area contributed by atoms with Crippen LogP contribution in [0.2, 0.25) is 0 Å². The van der Waals surface area contributed by atoms with E-state index in [-0.39, 0.29) is 5.46 Å². The van der Waals surface area contributed by atoms with Crippen molar-refractivity contribution in [3.05, 3.63) is 52.8 Å². The van der Waals surface area contributed by atoms with E-state index in [1.807, 2.05) is 6.07 Å². The van der Waals surface area contributed by atoms with Gasteiger partial charge in [-0.3, -0.25) is 0 Å². The van der Waals surface area contributed by atoms with Gasteiger partial charge in [-0.2, -0.15) is 0 Å². The zero-order chi connectivity index (χ0) is 12.4. The lowest BCUT2D eigenvalue weighted by atomic mass is 9.78. The molecular formula is C12H9BBrFO2. The Kier molecular flexibility index (Phi) is 3.62. The summed E-state index contributed by atoms with van der Waals surface area (Å²) in [5.41, 5.74) is 0.884. The molecule has 0 aromatic heterocycles. The molecular weight excluding hydrogens is 286 g/mol. The molecule has 0 bridgehead atoms. The Hall–Kier alpha value is -1.17. The maximum absolute atomic E-state index is 14.0. The van der Waals surface area contributed by atoms with Crippen molar-refractivity contribution in [1.82, 2.24) is 0 Å². The van der Waals surface area contributed by atoms with Crippen molar-refractivity contribution in [2.24, 2.45) is 0 Å². The van der Waals surface area contributed by atoms with Crippen molar-refractivity contribution >= 4 is 28.5 Å². The Morgan fingerprint density at radius 3 is 2.29 bits per heavy atom. The predicted octanol–water partition coefficient (Wildman–Crippen LogP) is 1.93. The van der Waals surface area contributed by atoms with Gasteiger partial charge in [-0.1, -0.05) is 46.3 Å². The van der Waals surface area contributed by atoms with E-state index in [0.717, 1.165) is 0 Å². The van der Waals surface area contributed by atoms with Crippen LogP contribution in [0.1, 0.15) is 0 Å². The first-order chi connectivity index (χ1) is 8.09. The highest BCUT2D eigenvalue weighted by Gasteiger charge is 2.20. The molecule has 0 fully saturated rings. The molecule has 0 spiro atoms. The van der Waals surface area contributed by atoms with Gasteiger partial charge in [0.15, 0.2) is 0 Å². The Morgan fingerprint density at radius 2 is 1.71 bits per heavy atom. The van der Waals surface area contributed by atoms with Crippen LogP contribution in [0.4, 0.5) is 4.39 Å². The molecule has 0 saturated carbocycles. The monoisotopic (exact) mass is 294 g/mol. The van der Waals surface area contributed by atoms with Crippen molar-refractivity contribution in [3.8, 4) is 11.1 Å². The van der Waals surface area contributed by atoms with Crippen molar-refractivity contribution < 1.29 is 14.4 Å². The van der Waals surface area contributed by atoms with Gasteiger partial charge in [-0.25, -0.2) is 4.39 Å². The largest absolute Gasteiger partial charge is 0.491 e. The zero-order valence-electron chi connectivity index (χ0n) is 8.77. The van der Waals surface area contributed by atoms with Crippen LogP contribution in [0.25, 0.3) is 11.1 Å². The average molecular weight is 295 g/mol. The fourth-order valence-electron chi connectivity index (χ4n) is 1.63. The second-order valence-corrected chi connectivity index (χ2v) is 4.51. The number of benzene rings is 2. The van der Waals surface area contributed by atoms with Crippen LogP contribution in [0.15, 0.2) is 46.9 Å². The summed E-state index contributed by atoms with van der Waals surface area (Å²) < 4.78 is 14.6. The average Bonchev–Trinajstić information content (AvgIpc) is 2.32. The van der Waals surface area contributed by atoms with Gasteiger partial charge < -0.3 is 10.0 Å². The highest BCUT2D eigenvalue weighted by Crippen LogP contribution is 2.25. The van der Waals surface area contributed by atoms with Crippen molar-refractivity contribution in [2.75, 3.05) is 0 Å². The fourth-order valence-corrected chi connectivity index (χ4v) is 2.10. The third kappa shape index (κ3) is 2.57. The molecule has 0 saturated heterocycles. The molecule has 2 aromatic rings. The molecule has 17 heavy (non-hydrogen) atoms. The lowest BCUT2D eigenvalue weighted by Crippen LogP contribution is -2.33. The minimum Gasteiger partial charge on any atom is -0.423 e. The lowest BCUT2D eigenvalue weighted by Gasteiger charge is -2.09. The molecule has 0 amide bonds. The Balaban J connectivity index is 2.63. The van der Waals surface area contributed by atoms with Crippen molar-refractivity contribution in [1.29, 1.82) is 0 Å².